The molecule has 21 heavy (non-hydrogen) atoms. The predicted octanol–water partition coefficient (Wildman–Crippen LogP) is 0.333. The molecule has 0 saturated carbocycles. The molecule has 0 unspecified atom stereocenters. The molecule has 0 amide bonds. The Labute approximate surface area is 125 Å². The van der Waals surface area contributed by atoms with Gasteiger partial charge in [-0.3, -0.25) is 0 Å². The summed E-state index contributed by atoms with van der Waals surface area (Å²) in [5, 5.41) is 0. The Morgan fingerprint density at radius 2 is 1.86 bits per heavy atom. The largest absolute Gasteiger partial charge is 0.492 e. The minimum absolute atomic E-state index is 0.0691. The Morgan fingerprint density at radius 1 is 1.24 bits per heavy atom. The number of ether oxygens (including phenoxy) is 1. The number of nitrogens with zero attached hydrogens (tertiary/aromatic N) is 1. The summed E-state index contributed by atoms with van der Waals surface area (Å²) in [6.07, 6.45) is 1.06. The lowest BCUT2D eigenvalue weighted by Gasteiger charge is -2.19. The van der Waals surface area contributed by atoms with Crippen molar-refractivity contribution < 1.29 is 21.6 Å². The molecule has 0 aliphatic rings. The van der Waals surface area contributed by atoms with Gasteiger partial charge in [-0.1, -0.05) is 0 Å². The van der Waals surface area contributed by atoms with Crippen molar-refractivity contribution in [3.63, 3.8) is 0 Å². The molecule has 0 saturated heterocycles. The van der Waals surface area contributed by atoms with Gasteiger partial charge in [-0.05, 0) is 25.1 Å². The quantitative estimate of drug-likeness (QED) is 0.719. The Kier molecular flexibility index (Phi) is 5.60. The maximum atomic E-state index is 12.5. The van der Waals surface area contributed by atoms with Crippen LogP contribution in [0.25, 0.3) is 0 Å². The van der Waals surface area contributed by atoms with Crippen LogP contribution in [-0.4, -0.2) is 53.3 Å². The molecule has 2 N–H and O–H groups in total. The fraction of sp³-hybridized carbons (Fsp3) is 0.500. The van der Waals surface area contributed by atoms with E-state index < -0.39 is 19.9 Å². The van der Waals surface area contributed by atoms with Gasteiger partial charge in [-0.25, -0.2) is 16.8 Å². The monoisotopic (exact) mass is 336 g/mol. The van der Waals surface area contributed by atoms with Gasteiger partial charge in [0.25, 0.3) is 0 Å². The summed E-state index contributed by atoms with van der Waals surface area (Å²) in [6, 6.07) is 4.33. The molecule has 0 bridgehead atoms. The number of nitrogen functional groups attached to an aromatic ring is 1. The van der Waals surface area contributed by atoms with Crippen molar-refractivity contribution in [3.05, 3.63) is 18.2 Å². The zero-order valence-corrected chi connectivity index (χ0v) is 13.9. The third kappa shape index (κ3) is 4.87. The number of hydrogen-bond acceptors (Lipinski definition) is 6. The van der Waals surface area contributed by atoms with Crippen LogP contribution in [0.3, 0.4) is 0 Å². The first kappa shape index (κ1) is 17.7. The maximum absolute atomic E-state index is 12.5. The van der Waals surface area contributed by atoms with Crippen molar-refractivity contribution >= 4 is 25.5 Å². The second-order valence-corrected chi connectivity index (χ2v) is 8.87. The SMILES string of the molecule is CCOc1ccc(N)cc1S(=O)(=O)N(C)CCS(C)(=O)=O. The Morgan fingerprint density at radius 3 is 2.38 bits per heavy atom. The zero-order chi connectivity index (χ0) is 16.3. The number of rotatable bonds is 7. The summed E-state index contributed by atoms with van der Waals surface area (Å²) >= 11 is 0. The number of sulfone groups is 1. The second-order valence-electron chi connectivity index (χ2n) is 4.60. The minimum Gasteiger partial charge on any atom is -0.492 e. The van der Waals surface area contributed by atoms with Crippen LogP contribution < -0.4 is 10.5 Å². The van der Waals surface area contributed by atoms with Crippen LogP contribution in [0.4, 0.5) is 5.69 Å². The van der Waals surface area contributed by atoms with Crippen LogP contribution in [0.2, 0.25) is 0 Å². The number of hydrogen-bond donors (Lipinski definition) is 1. The summed E-state index contributed by atoms with van der Waals surface area (Å²) < 4.78 is 53.6. The van der Waals surface area contributed by atoms with Crippen molar-refractivity contribution in [1.29, 1.82) is 0 Å². The Balaban J connectivity index is 3.14. The van der Waals surface area contributed by atoms with Gasteiger partial charge in [0.05, 0.1) is 12.4 Å². The molecule has 0 aliphatic carbocycles. The summed E-state index contributed by atoms with van der Waals surface area (Å²) in [5.74, 6) is -0.0624. The van der Waals surface area contributed by atoms with Gasteiger partial charge in [-0.15, -0.1) is 0 Å². The van der Waals surface area contributed by atoms with E-state index in [0.717, 1.165) is 10.6 Å². The molecule has 1 aromatic carbocycles. The maximum Gasteiger partial charge on any atom is 0.246 e. The fourth-order valence-corrected chi connectivity index (χ4v) is 3.64. The molecule has 120 valence electrons. The van der Waals surface area contributed by atoms with E-state index in [0.29, 0.717) is 6.61 Å². The molecule has 1 rings (SSSR count). The van der Waals surface area contributed by atoms with Gasteiger partial charge in [-0.2, -0.15) is 4.31 Å². The van der Waals surface area contributed by atoms with Crippen LogP contribution in [0, 0.1) is 0 Å². The van der Waals surface area contributed by atoms with Crippen molar-refractivity contribution in [2.45, 2.75) is 11.8 Å². The van der Waals surface area contributed by atoms with Crippen LogP contribution >= 0.6 is 0 Å². The summed E-state index contributed by atoms with van der Waals surface area (Å²) in [5.41, 5.74) is 5.91. The predicted molar refractivity (Wildman–Crippen MR) is 81.6 cm³/mol. The van der Waals surface area contributed by atoms with E-state index in [9.17, 15) is 16.8 Å². The summed E-state index contributed by atoms with van der Waals surface area (Å²) in [6.45, 7) is 1.90. The zero-order valence-electron chi connectivity index (χ0n) is 12.2. The highest BCUT2D eigenvalue weighted by molar-refractivity contribution is 7.91. The highest BCUT2D eigenvalue weighted by atomic mass is 32.2. The van der Waals surface area contributed by atoms with Gasteiger partial charge in [0, 0.05) is 25.5 Å². The third-order valence-corrected chi connectivity index (χ3v) is 5.54. The molecule has 0 spiro atoms. The highest BCUT2D eigenvalue weighted by Crippen LogP contribution is 2.28. The fourth-order valence-electron chi connectivity index (χ4n) is 1.58. The van der Waals surface area contributed by atoms with Crippen molar-refractivity contribution in [2.75, 3.05) is 37.9 Å². The molecule has 0 radical (unpaired) electrons. The molecular formula is C12H20N2O5S2. The standard InChI is InChI=1S/C12H20N2O5S2/c1-4-19-11-6-5-10(13)9-12(11)21(17,18)14(2)7-8-20(3,15)16/h5-6,9H,4,7-8,13H2,1-3H3. The lowest BCUT2D eigenvalue weighted by Crippen LogP contribution is -2.31. The van der Waals surface area contributed by atoms with E-state index in [2.05, 4.69) is 0 Å². The first-order chi connectivity index (χ1) is 9.58. The third-order valence-electron chi connectivity index (χ3n) is 2.73. The average molecular weight is 336 g/mol. The number of nitrogens with two attached hydrogens (primary N) is 1. The normalized spacial score (nSPS) is 12.6. The molecule has 0 aromatic heterocycles. The lowest BCUT2D eigenvalue weighted by molar-refractivity contribution is 0.330. The van der Waals surface area contributed by atoms with Gasteiger partial charge in [0.15, 0.2) is 0 Å². The van der Waals surface area contributed by atoms with E-state index in [1.807, 2.05) is 0 Å². The topological polar surface area (TPSA) is 107 Å². The number of benzene rings is 1. The lowest BCUT2D eigenvalue weighted by atomic mass is 10.3. The second kappa shape index (κ2) is 6.63. The molecular weight excluding hydrogens is 316 g/mol. The van der Waals surface area contributed by atoms with Gasteiger partial charge in [0.2, 0.25) is 10.0 Å². The van der Waals surface area contributed by atoms with E-state index in [-0.39, 0.29) is 28.6 Å². The van der Waals surface area contributed by atoms with Crippen LogP contribution in [0.1, 0.15) is 6.92 Å². The smallest absolute Gasteiger partial charge is 0.246 e. The molecule has 0 aliphatic heterocycles. The van der Waals surface area contributed by atoms with Crippen LogP contribution in [-0.2, 0) is 19.9 Å². The Hall–Kier alpha value is -1.32. The summed E-state index contributed by atoms with van der Waals surface area (Å²) in [7, 11) is -5.81. The van der Waals surface area contributed by atoms with Crippen LogP contribution in [0.15, 0.2) is 23.1 Å². The minimum atomic E-state index is -3.87. The van der Waals surface area contributed by atoms with Gasteiger partial charge < -0.3 is 10.5 Å². The van der Waals surface area contributed by atoms with E-state index >= 15 is 0 Å². The molecule has 0 atom stereocenters. The summed E-state index contributed by atoms with van der Waals surface area (Å²) in [4.78, 5) is -0.0691. The van der Waals surface area contributed by atoms with Crippen molar-refractivity contribution in [2.24, 2.45) is 0 Å². The van der Waals surface area contributed by atoms with Crippen molar-refractivity contribution in [3.8, 4) is 5.75 Å². The molecule has 0 fully saturated rings. The molecule has 0 heterocycles. The first-order valence-electron chi connectivity index (χ1n) is 6.24. The van der Waals surface area contributed by atoms with Gasteiger partial charge >= 0.3 is 0 Å². The average Bonchev–Trinajstić information content (AvgIpc) is 2.37. The van der Waals surface area contributed by atoms with Crippen LogP contribution in [0.5, 0.6) is 5.75 Å². The van der Waals surface area contributed by atoms with Gasteiger partial charge in [0.1, 0.15) is 20.5 Å². The van der Waals surface area contributed by atoms with E-state index in [1.54, 1.807) is 13.0 Å². The first-order valence-corrected chi connectivity index (χ1v) is 9.74. The van der Waals surface area contributed by atoms with Crippen molar-refractivity contribution in [1.82, 2.24) is 4.31 Å². The molecule has 7 nitrogen and oxygen atoms in total. The Bertz CT molecular complexity index is 698. The molecule has 9 heteroatoms. The van der Waals surface area contributed by atoms with E-state index in [1.165, 1.54) is 19.2 Å². The highest BCUT2D eigenvalue weighted by Gasteiger charge is 2.25. The number of anilines is 1. The number of sulfonamides is 1. The molecule has 1 aromatic rings. The van der Waals surface area contributed by atoms with E-state index in [4.69, 9.17) is 10.5 Å².